The summed E-state index contributed by atoms with van der Waals surface area (Å²) in [6, 6.07) is 2.91. The number of halogens is 2. The van der Waals surface area contributed by atoms with Crippen molar-refractivity contribution in [3.63, 3.8) is 0 Å². The number of benzene rings is 1. The number of nitrogens with one attached hydrogen (secondary N) is 1. The van der Waals surface area contributed by atoms with Crippen molar-refractivity contribution in [3.05, 3.63) is 35.4 Å². The first-order valence-corrected chi connectivity index (χ1v) is 3.85. The van der Waals surface area contributed by atoms with E-state index in [1.165, 1.54) is 5.48 Å². The standard InChI is InChI=1S/C8H8F2N4O/c9-6-1-2-7(10)5(3-6)4-12-13-8(11)14-15/h1-4,15H,(H3,11,13,14)/b12-4+. The highest BCUT2D eigenvalue weighted by Gasteiger charge is 2.00. The van der Waals surface area contributed by atoms with Crippen LogP contribution in [0, 0.1) is 11.6 Å². The van der Waals surface area contributed by atoms with Gasteiger partial charge in [0.05, 0.1) is 6.21 Å². The van der Waals surface area contributed by atoms with Gasteiger partial charge in [0.15, 0.2) is 0 Å². The van der Waals surface area contributed by atoms with E-state index in [0.717, 1.165) is 24.4 Å². The van der Waals surface area contributed by atoms with Crippen molar-refractivity contribution in [1.82, 2.24) is 5.48 Å². The molecule has 0 bridgehead atoms. The quantitative estimate of drug-likeness (QED) is 0.383. The number of nitrogens with zero attached hydrogens (tertiary/aromatic N) is 2. The zero-order chi connectivity index (χ0) is 11.3. The maximum Gasteiger partial charge on any atom is 0.237 e. The third kappa shape index (κ3) is 3.31. The average molecular weight is 214 g/mol. The van der Waals surface area contributed by atoms with Crippen LogP contribution in [0.5, 0.6) is 0 Å². The van der Waals surface area contributed by atoms with Gasteiger partial charge in [0.25, 0.3) is 0 Å². The number of nitrogens with two attached hydrogens (primary N) is 1. The molecular formula is C8H8F2N4O. The molecule has 0 aliphatic rings. The lowest BCUT2D eigenvalue weighted by molar-refractivity contribution is 0.232. The fourth-order valence-corrected chi connectivity index (χ4v) is 0.789. The molecule has 15 heavy (non-hydrogen) atoms. The van der Waals surface area contributed by atoms with E-state index >= 15 is 0 Å². The fraction of sp³-hybridized carbons (Fsp3) is 0. The molecule has 4 N–H and O–H groups in total. The molecule has 7 heteroatoms. The van der Waals surface area contributed by atoms with E-state index in [0.29, 0.717) is 0 Å². The monoisotopic (exact) mass is 214 g/mol. The van der Waals surface area contributed by atoms with Crippen molar-refractivity contribution < 1.29 is 14.0 Å². The molecule has 0 unspecified atom stereocenters. The molecule has 0 amide bonds. The Bertz CT molecular complexity index is 406. The summed E-state index contributed by atoms with van der Waals surface area (Å²) in [4.78, 5) is 0. The molecule has 80 valence electrons. The first-order chi connectivity index (χ1) is 7.13. The van der Waals surface area contributed by atoms with E-state index in [4.69, 9.17) is 10.9 Å². The molecule has 0 aliphatic carbocycles. The highest BCUT2D eigenvalue weighted by Crippen LogP contribution is 2.06. The van der Waals surface area contributed by atoms with Crippen molar-refractivity contribution in [2.45, 2.75) is 0 Å². The zero-order valence-corrected chi connectivity index (χ0v) is 7.48. The van der Waals surface area contributed by atoms with Crippen molar-refractivity contribution in [2.24, 2.45) is 15.9 Å². The van der Waals surface area contributed by atoms with E-state index in [-0.39, 0.29) is 11.5 Å². The molecule has 0 radical (unpaired) electrons. The van der Waals surface area contributed by atoms with Crippen LogP contribution < -0.4 is 11.2 Å². The first-order valence-electron chi connectivity index (χ1n) is 3.85. The Morgan fingerprint density at radius 1 is 1.47 bits per heavy atom. The first kappa shape index (κ1) is 11.1. The third-order valence-corrected chi connectivity index (χ3v) is 1.43. The summed E-state index contributed by atoms with van der Waals surface area (Å²) in [7, 11) is 0. The summed E-state index contributed by atoms with van der Waals surface area (Å²) in [5.74, 6) is -1.58. The van der Waals surface area contributed by atoms with E-state index in [2.05, 4.69) is 10.2 Å². The largest absolute Gasteiger partial charge is 0.367 e. The van der Waals surface area contributed by atoms with E-state index in [1.54, 1.807) is 0 Å². The van der Waals surface area contributed by atoms with Gasteiger partial charge in [-0.25, -0.2) is 14.3 Å². The topological polar surface area (TPSA) is 83.0 Å². The van der Waals surface area contributed by atoms with Crippen LogP contribution in [-0.2, 0) is 0 Å². The van der Waals surface area contributed by atoms with Gasteiger partial charge in [0.2, 0.25) is 5.96 Å². The molecule has 0 saturated carbocycles. The Morgan fingerprint density at radius 3 is 2.87 bits per heavy atom. The Hall–Kier alpha value is -2.02. The maximum atomic E-state index is 13.0. The number of hydrogen-bond donors (Lipinski definition) is 3. The molecule has 0 aromatic heterocycles. The zero-order valence-electron chi connectivity index (χ0n) is 7.48. The second kappa shape index (κ2) is 5.01. The van der Waals surface area contributed by atoms with Crippen molar-refractivity contribution in [1.29, 1.82) is 0 Å². The van der Waals surface area contributed by atoms with Crippen LogP contribution in [0.1, 0.15) is 5.56 Å². The molecule has 0 aliphatic heterocycles. The number of hydroxylamine groups is 1. The summed E-state index contributed by atoms with van der Waals surface area (Å²) in [6.45, 7) is 0. The second-order valence-electron chi connectivity index (χ2n) is 2.51. The van der Waals surface area contributed by atoms with Gasteiger partial charge in [0, 0.05) is 5.56 Å². The molecule has 0 heterocycles. The van der Waals surface area contributed by atoms with Crippen LogP contribution in [0.15, 0.2) is 28.4 Å². The van der Waals surface area contributed by atoms with Gasteiger partial charge in [-0.3, -0.25) is 5.21 Å². The van der Waals surface area contributed by atoms with Crippen LogP contribution in [0.4, 0.5) is 8.78 Å². The molecular weight excluding hydrogens is 206 g/mol. The Balaban J connectivity index is 2.84. The Morgan fingerprint density at radius 2 is 2.20 bits per heavy atom. The third-order valence-electron chi connectivity index (χ3n) is 1.43. The number of hydrogen-bond acceptors (Lipinski definition) is 3. The van der Waals surface area contributed by atoms with Gasteiger partial charge in [-0.2, -0.15) is 5.10 Å². The van der Waals surface area contributed by atoms with E-state index in [1.807, 2.05) is 0 Å². The lowest BCUT2D eigenvalue weighted by Gasteiger charge is -1.95. The minimum absolute atomic E-state index is 0.0653. The normalized spacial score (nSPS) is 12.1. The lowest BCUT2D eigenvalue weighted by atomic mass is 10.2. The summed E-state index contributed by atoms with van der Waals surface area (Å²) >= 11 is 0. The summed E-state index contributed by atoms with van der Waals surface area (Å²) < 4.78 is 25.6. The highest BCUT2D eigenvalue weighted by molar-refractivity contribution is 5.81. The van der Waals surface area contributed by atoms with Gasteiger partial charge < -0.3 is 5.73 Å². The van der Waals surface area contributed by atoms with Gasteiger partial charge in [-0.05, 0) is 18.2 Å². The van der Waals surface area contributed by atoms with Crippen LogP contribution >= 0.6 is 0 Å². The maximum absolute atomic E-state index is 13.0. The predicted octanol–water partition coefficient (Wildman–Crippen LogP) is 0.592. The highest BCUT2D eigenvalue weighted by atomic mass is 19.1. The molecule has 0 atom stereocenters. The van der Waals surface area contributed by atoms with E-state index < -0.39 is 11.6 Å². The minimum Gasteiger partial charge on any atom is -0.367 e. The fourth-order valence-electron chi connectivity index (χ4n) is 0.789. The predicted molar refractivity (Wildman–Crippen MR) is 50.5 cm³/mol. The van der Waals surface area contributed by atoms with Gasteiger partial charge in [0.1, 0.15) is 11.6 Å². The van der Waals surface area contributed by atoms with E-state index in [9.17, 15) is 8.78 Å². The Kier molecular flexibility index (Phi) is 3.69. The number of guanidine groups is 1. The van der Waals surface area contributed by atoms with Crippen molar-refractivity contribution in [3.8, 4) is 0 Å². The second-order valence-corrected chi connectivity index (χ2v) is 2.51. The molecule has 0 spiro atoms. The van der Waals surface area contributed by atoms with Crippen LogP contribution in [0.3, 0.4) is 0 Å². The Labute approximate surface area is 83.9 Å². The molecule has 1 aromatic rings. The van der Waals surface area contributed by atoms with Gasteiger partial charge in [-0.15, -0.1) is 5.10 Å². The molecule has 0 fully saturated rings. The van der Waals surface area contributed by atoms with Crippen molar-refractivity contribution >= 4 is 12.2 Å². The smallest absolute Gasteiger partial charge is 0.237 e. The average Bonchev–Trinajstić information content (AvgIpc) is 2.23. The van der Waals surface area contributed by atoms with Crippen LogP contribution in [-0.4, -0.2) is 17.4 Å². The molecule has 0 saturated heterocycles. The van der Waals surface area contributed by atoms with Gasteiger partial charge in [-0.1, -0.05) is 0 Å². The molecule has 1 aromatic carbocycles. The van der Waals surface area contributed by atoms with Crippen molar-refractivity contribution in [2.75, 3.05) is 0 Å². The minimum atomic E-state index is -0.633. The molecule has 1 rings (SSSR count). The van der Waals surface area contributed by atoms with Gasteiger partial charge >= 0.3 is 0 Å². The molecule has 5 nitrogen and oxygen atoms in total. The van der Waals surface area contributed by atoms with Crippen LogP contribution in [0.25, 0.3) is 0 Å². The summed E-state index contributed by atoms with van der Waals surface area (Å²) in [6.07, 6.45) is 0.975. The number of rotatable bonds is 2. The summed E-state index contributed by atoms with van der Waals surface area (Å²) in [5, 5.41) is 14.8. The summed E-state index contributed by atoms with van der Waals surface area (Å²) in [5.41, 5.74) is 6.47. The SMILES string of the molecule is NC(=N/N=C/c1cc(F)ccc1F)NO. The van der Waals surface area contributed by atoms with Crippen LogP contribution in [0.2, 0.25) is 0 Å². The lowest BCUT2D eigenvalue weighted by Crippen LogP contribution is -2.27.